The second kappa shape index (κ2) is 3.68. The number of benzene rings is 1. The average Bonchev–Trinajstić information content (AvgIpc) is 2.58. The molecule has 0 atom stereocenters. The van der Waals surface area contributed by atoms with Crippen molar-refractivity contribution in [3.8, 4) is 0 Å². The molecule has 1 aromatic carbocycles. The molecule has 0 aliphatic rings. The van der Waals surface area contributed by atoms with Gasteiger partial charge in [0.25, 0.3) is 0 Å². The molecule has 0 amide bonds. The van der Waals surface area contributed by atoms with E-state index in [4.69, 9.17) is 5.73 Å². The molecule has 72 valence electrons. The van der Waals surface area contributed by atoms with Gasteiger partial charge in [0.2, 0.25) is 0 Å². The fourth-order valence-electron chi connectivity index (χ4n) is 1.78. The molecule has 2 aromatic rings. The van der Waals surface area contributed by atoms with Gasteiger partial charge in [0, 0.05) is 17.8 Å². The van der Waals surface area contributed by atoms with E-state index in [0.29, 0.717) is 6.54 Å². The second-order valence-electron chi connectivity index (χ2n) is 3.30. The number of rotatable bonds is 3. The van der Waals surface area contributed by atoms with E-state index in [1.54, 1.807) is 0 Å². The van der Waals surface area contributed by atoms with Crippen LogP contribution in [0.25, 0.3) is 17.1 Å². The molecule has 14 heavy (non-hydrogen) atoms. The fourth-order valence-corrected chi connectivity index (χ4v) is 1.78. The van der Waals surface area contributed by atoms with E-state index < -0.39 is 0 Å². The monoisotopic (exact) mass is 186 g/mol. The van der Waals surface area contributed by atoms with E-state index in [-0.39, 0.29) is 0 Å². The van der Waals surface area contributed by atoms with Crippen molar-refractivity contribution in [2.45, 2.75) is 6.42 Å². The maximum Gasteiger partial charge on any atom is 0.0524 e. The quantitative estimate of drug-likeness (QED) is 0.783. The van der Waals surface area contributed by atoms with Gasteiger partial charge in [-0.15, -0.1) is 0 Å². The van der Waals surface area contributed by atoms with E-state index in [1.807, 2.05) is 16.8 Å². The summed E-state index contributed by atoms with van der Waals surface area (Å²) in [4.78, 5) is 0. The van der Waals surface area contributed by atoms with E-state index in [9.17, 15) is 0 Å². The number of hydrogen-bond donors (Lipinski definition) is 1. The molecular weight excluding hydrogens is 172 g/mol. The zero-order valence-corrected chi connectivity index (χ0v) is 8.11. The van der Waals surface area contributed by atoms with Crippen LogP contribution < -0.4 is 5.73 Å². The van der Waals surface area contributed by atoms with E-state index in [0.717, 1.165) is 6.42 Å². The van der Waals surface area contributed by atoms with Crippen LogP contribution in [0, 0.1) is 0 Å². The predicted octanol–water partition coefficient (Wildman–Crippen LogP) is 2.24. The van der Waals surface area contributed by atoms with Crippen LogP contribution in [0.5, 0.6) is 0 Å². The van der Waals surface area contributed by atoms with Gasteiger partial charge in [-0.1, -0.05) is 24.8 Å². The first-order chi connectivity index (χ1) is 6.86. The minimum Gasteiger partial charge on any atom is -0.330 e. The first-order valence-electron chi connectivity index (χ1n) is 4.78. The zero-order chi connectivity index (χ0) is 9.97. The normalized spacial score (nSPS) is 10.6. The maximum absolute atomic E-state index is 5.57. The third kappa shape index (κ3) is 1.34. The molecule has 0 spiro atoms. The standard InChI is InChI=1S/C12H14N2/c1-2-14-9-10(7-8-13)11-5-3-4-6-12(11)14/h2-6,9H,1,7-8,13H2. The van der Waals surface area contributed by atoms with Crippen molar-refractivity contribution in [2.75, 3.05) is 6.54 Å². The Morgan fingerprint density at radius 1 is 1.36 bits per heavy atom. The Morgan fingerprint density at radius 2 is 2.14 bits per heavy atom. The lowest BCUT2D eigenvalue weighted by molar-refractivity contribution is 0.972. The summed E-state index contributed by atoms with van der Waals surface area (Å²) in [5.74, 6) is 0. The number of para-hydroxylation sites is 1. The highest BCUT2D eigenvalue weighted by Gasteiger charge is 2.04. The highest BCUT2D eigenvalue weighted by molar-refractivity contribution is 5.85. The van der Waals surface area contributed by atoms with Crippen molar-refractivity contribution in [2.24, 2.45) is 5.73 Å². The average molecular weight is 186 g/mol. The largest absolute Gasteiger partial charge is 0.330 e. The van der Waals surface area contributed by atoms with E-state index in [2.05, 4.69) is 31.0 Å². The summed E-state index contributed by atoms with van der Waals surface area (Å²) in [6.07, 6.45) is 4.84. The van der Waals surface area contributed by atoms with Crippen molar-refractivity contribution >= 4 is 17.1 Å². The summed E-state index contributed by atoms with van der Waals surface area (Å²) in [6.45, 7) is 4.47. The Bertz CT molecular complexity index is 454. The van der Waals surface area contributed by atoms with Gasteiger partial charge in [-0.05, 0) is 24.6 Å². The van der Waals surface area contributed by atoms with Crippen LogP contribution in [-0.2, 0) is 6.42 Å². The number of aromatic nitrogens is 1. The zero-order valence-electron chi connectivity index (χ0n) is 8.11. The lowest BCUT2D eigenvalue weighted by Crippen LogP contribution is -2.01. The van der Waals surface area contributed by atoms with Gasteiger partial charge >= 0.3 is 0 Å². The molecule has 2 nitrogen and oxygen atoms in total. The number of nitrogens with zero attached hydrogens (tertiary/aromatic N) is 1. The number of fused-ring (bicyclic) bond motifs is 1. The fraction of sp³-hybridized carbons (Fsp3) is 0.167. The predicted molar refractivity (Wildman–Crippen MR) is 61.1 cm³/mol. The Labute approximate surface area is 83.6 Å². The van der Waals surface area contributed by atoms with Crippen LogP contribution >= 0.6 is 0 Å². The molecule has 0 saturated heterocycles. The summed E-state index contributed by atoms with van der Waals surface area (Å²) in [5, 5.41) is 1.28. The number of hydrogen-bond acceptors (Lipinski definition) is 1. The molecule has 0 fully saturated rings. The van der Waals surface area contributed by atoms with Crippen LogP contribution in [0.2, 0.25) is 0 Å². The summed E-state index contributed by atoms with van der Waals surface area (Å²) >= 11 is 0. The van der Waals surface area contributed by atoms with Gasteiger partial charge < -0.3 is 10.3 Å². The Kier molecular flexibility index (Phi) is 2.37. The van der Waals surface area contributed by atoms with Crippen LogP contribution in [0.4, 0.5) is 0 Å². The highest BCUT2D eigenvalue weighted by Crippen LogP contribution is 2.21. The van der Waals surface area contributed by atoms with Gasteiger partial charge in [-0.3, -0.25) is 0 Å². The molecule has 1 heterocycles. The van der Waals surface area contributed by atoms with Crippen molar-refractivity contribution < 1.29 is 0 Å². The summed E-state index contributed by atoms with van der Waals surface area (Å²) < 4.78 is 2.04. The lowest BCUT2D eigenvalue weighted by Gasteiger charge is -1.94. The molecule has 2 N–H and O–H groups in total. The van der Waals surface area contributed by atoms with E-state index in [1.165, 1.54) is 16.5 Å². The molecule has 2 rings (SSSR count). The summed E-state index contributed by atoms with van der Waals surface area (Å²) in [6, 6.07) is 8.31. The molecule has 0 aliphatic heterocycles. The lowest BCUT2D eigenvalue weighted by atomic mass is 10.1. The SMILES string of the molecule is C=Cn1cc(CCN)c2ccccc21. The van der Waals surface area contributed by atoms with Gasteiger partial charge in [-0.25, -0.2) is 0 Å². The van der Waals surface area contributed by atoms with Crippen molar-refractivity contribution in [3.05, 3.63) is 42.6 Å². The molecule has 0 aliphatic carbocycles. The minimum atomic E-state index is 0.686. The molecule has 2 heteroatoms. The summed E-state index contributed by atoms with van der Waals surface area (Å²) in [5.41, 5.74) is 8.06. The van der Waals surface area contributed by atoms with Gasteiger partial charge in [0.15, 0.2) is 0 Å². The topological polar surface area (TPSA) is 30.9 Å². The van der Waals surface area contributed by atoms with Crippen LogP contribution in [0.15, 0.2) is 37.0 Å². The maximum atomic E-state index is 5.57. The van der Waals surface area contributed by atoms with E-state index >= 15 is 0 Å². The summed E-state index contributed by atoms with van der Waals surface area (Å²) in [7, 11) is 0. The molecule has 0 unspecified atom stereocenters. The van der Waals surface area contributed by atoms with Gasteiger partial charge in [0.1, 0.15) is 0 Å². The molecule has 0 saturated carbocycles. The molecule has 1 aromatic heterocycles. The smallest absolute Gasteiger partial charge is 0.0524 e. The number of nitrogens with two attached hydrogens (primary N) is 1. The first-order valence-corrected chi connectivity index (χ1v) is 4.78. The Hall–Kier alpha value is -1.54. The second-order valence-corrected chi connectivity index (χ2v) is 3.30. The van der Waals surface area contributed by atoms with Crippen molar-refractivity contribution in [1.82, 2.24) is 4.57 Å². The van der Waals surface area contributed by atoms with Crippen molar-refractivity contribution in [3.63, 3.8) is 0 Å². The van der Waals surface area contributed by atoms with Crippen molar-refractivity contribution in [1.29, 1.82) is 0 Å². The van der Waals surface area contributed by atoms with Crippen LogP contribution in [-0.4, -0.2) is 11.1 Å². The minimum absolute atomic E-state index is 0.686. The molecular formula is C12H14N2. The molecule has 0 radical (unpaired) electrons. The first kappa shape index (κ1) is 9.03. The van der Waals surface area contributed by atoms with Crippen LogP contribution in [0.3, 0.4) is 0 Å². The third-order valence-corrected chi connectivity index (χ3v) is 2.43. The third-order valence-electron chi connectivity index (χ3n) is 2.43. The Morgan fingerprint density at radius 3 is 2.86 bits per heavy atom. The van der Waals surface area contributed by atoms with Gasteiger partial charge in [0.05, 0.1) is 5.52 Å². The molecule has 0 bridgehead atoms. The highest BCUT2D eigenvalue weighted by atomic mass is 14.9. The van der Waals surface area contributed by atoms with Crippen LogP contribution in [0.1, 0.15) is 5.56 Å². The Balaban J connectivity index is 2.66. The van der Waals surface area contributed by atoms with Gasteiger partial charge in [-0.2, -0.15) is 0 Å².